The normalized spacial score (nSPS) is 16.4. The first-order valence-corrected chi connectivity index (χ1v) is 6.96. The summed E-state index contributed by atoms with van der Waals surface area (Å²) < 4.78 is 5.19. The summed E-state index contributed by atoms with van der Waals surface area (Å²) in [4.78, 5) is 26.0. The fourth-order valence-electron chi connectivity index (χ4n) is 2.24. The molecule has 2 amide bonds. The van der Waals surface area contributed by atoms with E-state index in [4.69, 9.17) is 4.74 Å². The Morgan fingerprint density at radius 1 is 1.33 bits per heavy atom. The molecule has 1 aliphatic rings. The highest BCUT2D eigenvalue weighted by molar-refractivity contribution is 5.99. The van der Waals surface area contributed by atoms with E-state index in [-0.39, 0.29) is 17.2 Å². The predicted molar refractivity (Wildman–Crippen MR) is 77.2 cm³/mol. The lowest BCUT2D eigenvalue weighted by Gasteiger charge is -2.29. The number of morpholine rings is 1. The molecule has 0 saturated carbocycles. The van der Waals surface area contributed by atoms with Crippen LogP contribution in [0.1, 0.15) is 22.8 Å². The van der Waals surface area contributed by atoms with E-state index in [9.17, 15) is 14.7 Å². The molecule has 1 unspecified atom stereocenters. The van der Waals surface area contributed by atoms with Gasteiger partial charge in [-0.05, 0) is 25.5 Å². The molecule has 1 saturated heterocycles. The number of amides is 2. The van der Waals surface area contributed by atoms with Gasteiger partial charge in [-0.1, -0.05) is 12.1 Å². The number of rotatable bonds is 3. The Hall–Kier alpha value is -2.08. The summed E-state index contributed by atoms with van der Waals surface area (Å²) >= 11 is 0. The van der Waals surface area contributed by atoms with Crippen LogP contribution in [0, 0.1) is 6.92 Å². The van der Waals surface area contributed by atoms with Crippen molar-refractivity contribution in [2.45, 2.75) is 19.9 Å². The van der Waals surface area contributed by atoms with Crippen LogP contribution in [0.25, 0.3) is 0 Å². The lowest BCUT2D eigenvalue weighted by atomic mass is 10.1. The number of hydrogen-bond acceptors (Lipinski definition) is 4. The lowest BCUT2D eigenvalue weighted by molar-refractivity contribution is -0.136. The van der Waals surface area contributed by atoms with Crippen LogP contribution in [0.5, 0.6) is 5.75 Å². The third-order valence-electron chi connectivity index (χ3n) is 3.52. The van der Waals surface area contributed by atoms with Gasteiger partial charge in [0, 0.05) is 13.1 Å². The van der Waals surface area contributed by atoms with Gasteiger partial charge in [0.05, 0.1) is 18.8 Å². The lowest BCUT2D eigenvalue weighted by Crippen LogP contribution is -2.50. The second-order valence-corrected chi connectivity index (χ2v) is 5.10. The average Bonchev–Trinajstić information content (AvgIpc) is 2.50. The largest absolute Gasteiger partial charge is 0.507 e. The maximum Gasteiger partial charge on any atom is 0.255 e. The van der Waals surface area contributed by atoms with Crippen molar-refractivity contribution in [2.75, 3.05) is 26.3 Å². The Morgan fingerprint density at radius 3 is 2.67 bits per heavy atom. The number of hydrogen-bond donors (Lipinski definition) is 2. The number of ether oxygens (including phenoxy) is 1. The zero-order chi connectivity index (χ0) is 15.4. The Kier molecular flexibility index (Phi) is 4.80. The summed E-state index contributed by atoms with van der Waals surface area (Å²) in [5.41, 5.74) is 0.798. The van der Waals surface area contributed by atoms with Gasteiger partial charge < -0.3 is 20.1 Å². The maximum atomic E-state index is 12.2. The molecule has 1 fully saturated rings. The van der Waals surface area contributed by atoms with Crippen molar-refractivity contribution in [1.29, 1.82) is 0 Å². The highest BCUT2D eigenvalue weighted by Gasteiger charge is 2.24. The van der Waals surface area contributed by atoms with E-state index in [2.05, 4.69) is 5.32 Å². The molecular formula is C15H20N2O4. The fourth-order valence-corrected chi connectivity index (χ4v) is 2.24. The Bertz CT molecular complexity index is 538. The number of carbonyl (C=O) groups excluding carboxylic acids is 2. The number of nitrogens with one attached hydrogen (secondary N) is 1. The number of benzene rings is 1. The van der Waals surface area contributed by atoms with Gasteiger partial charge in [-0.25, -0.2) is 0 Å². The molecule has 1 heterocycles. The summed E-state index contributed by atoms with van der Waals surface area (Å²) in [6.45, 7) is 5.47. The minimum atomic E-state index is -0.643. The highest BCUT2D eigenvalue weighted by Crippen LogP contribution is 2.21. The van der Waals surface area contributed by atoms with E-state index in [1.54, 1.807) is 30.9 Å². The first-order valence-electron chi connectivity index (χ1n) is 6.96. The van der Waals surface area contributed by atoms with Crippen molar-refractivity contribution in [3.63, 3.8) is 0 Å². The second-order valence-electron chi connectivity index (χ2n) is 5.10. The number of para-hydroxylation sites is 1. The predicted octanol–water partition coefficient (Wildman–Crippen LogP) is 0.678. The van der Waals surface area contributed by atoms with Gasteiger partial charge in [0.2, 0.25) is 5.91 Å². The van der Waals surface area contributed by atoms with E-state index in [1.165, 1.54) is 6.07 Å². The van der Waals surface area contributed by atoms with Crippen molar-refractivity contribution >= 4 is 11.8 Å². The molecule has 114 valence electrons. The SMILES string of the molecule is Cc1cccc(C(=O)NC(C)C(=O)N2CCOCC2)c1O. The average molecular weight is 292 g/mol. The van der Waals surface area contributed by atoms with Gasteiger partial charge in [-0.15, -0.1) is 0 Å². The molecule has 21 heavy (non-hydrogen) atoms. The third kappa shape index (κ3) is 3.52. The summed E-state index contributed by atoms with van der Waals surface area (Å²) in [5, 5.41) is 12.5. The quantitative estimate of drug-likeness (QED) is 0.858. The van der Waals surface area contributed by atoms with Gasteiger partial charge in [0.15, 0.2) is 0 Å². The molecule has 0 spiro atoms. The first-order chi connectivity index (χ1) is 10.0. The van der Waals surface area contributed by atoms with E-state index in [0.717, 1.165) is 0 Å². The number of nitrogens with zero attached hydrogens (tertiary/aromatic N) is 1. The zero-order valence-corrected chi connectivity index (χ0v) is 12.3. The van der Waals surface area contributed by atoms with Gasteiger partial charge >= 0.3 is 0 Å². The van der Waals surface area contributed by atoms with E-state index in [0.29, 0.717) is 31.9 Å². The van der Waals surface area contributed by atoms with Crippen LogP contribution in [-0.4, -0.2) is 54.2 Å². The van der Waals surface area contributed by atoms with Gasteiger partial charge in [0.1, 0.15) is 11.8 Å². The van der Waals surface area contributed by atoms with Gasteiger partial charge in [-0.2, -0.15) is 0 Å². The second kappa shape index (κ2) is 6.58. The number of aryl methyl sites for hydroxylation is 1. The van der Waals surface area contributed by atoms with Gasteiger partial charge in [-0.3, -0.25) is 9.59 Å². The van der Waals surface area contributed by atoms with Crippen molar-refractivity contribution in [3.05, 3.63) is 29.3 Å². The van der Waals surface area contributed by atoms with Crippen molar-refractivity contribution in [2.24, 2.45) is 0 Å². The maximum absolute atomic E-state index is 12.2. The van der Waals surface area contributed by atoms with Crippen molar-refractivity contribution in [3.8, 4) is 5.75 Å². The molecule has 0 radical (unpaired) electrons. The first kappa shape index (κ1) is 15.3. The number of carbonyl (C=O) groups is 2. The number of aromatic hydroxyl groups is 1. The Morgan fingerprint density at radius 2 is 2.00 bits per heavy atom. The van der Waals surface area contributed by atoms with E-state index in [1.807, 2.05) is 0 Å². The summed E-state index contributed by atoms with van der Waals surface area (Å²) in [5.74, 6) is -0.648. The molecule has 6 heteroatoms. The minimum Gasteiger partial charge on any atom is -0.507 e. The highest BCUT2D eigenvalue weighted by atomic mass is 16.5. The molecule has 1 atom stereocenters. The van der Waals surface area contributed by atoms with Crippen molar-refractivity contribution < 1.29 is 19.4 Å². The Labute approximate surface area is 123 Å². The molecule has 1 aromatic rings. The van der Waals surface area contributed by atoms with Crippen LogP contribution in [-0.2, 0) is 9.53 Å². The molecule has 0 aliphatic carbocycles. The molecule has 0 aromatic heterocycles. The van der Waals surface area contributed by atoms with Gasteiger partial charge in [0.25, 0.3) is 5.91 Å². The molecule has 1 aliphatic heterocycles. The summed E-state index contributed by atoms with van der Waals surface area (Å²) in [6.07, 6.45) is 0. The van der Waals surface area contributed by atoms with E-state index < -0.39 is 11.9 Å². The van der Waals surface area contributed by atoms with Crippen LogP contribution in [0.2, 0.25) is 0 Å². The van der Waals surface area contributed by atoms with Crippen molar-refractivity contribution in [1.82, 2.24) is 10.2 Å². The smallest absolute Gasteiger partial charge is 0.255 e. The summed E-state index contributed by atoms with van der Waals surface area (Å²) in [7, 11) is 0. The molecule has 2 N–H and O–H groups in total. The van der Waals surface area contributed by atoms with E-state index >= 15 is 0 Å². The standard InChI is InChI=1S/C15H20N2O4/c1-10-4-3-5-12(13(10)18)14(19)16-11(2)15(20)17-6-8-21-9-7-17/h3-5,11,18H,6-9H2,1-2H3,(H,16,19). The van der Waals surface area contributed by atoms with Crippen LogP contribution in [0.4, 0.5) is 0 Å². The van der Waals surface area contributed by atoms with Crippen LogP contribution < -0.4 is 5.32 Å². The van der Waals surface area contributed by atoms with Crippen LogP contribution >= 0.6 is 0 Å². The van der Waals surface area contributed by atoms with Crippen LogP contribution in [0.15, 0.2) is 18.2 Å². The topological polar surface area (TPSA) is 78.9 Å². The number of phenols is 1. The molecule has 0 bridgehead atoms. The number of phenolic OH excluding ortho intramolecular Hbond substituents is 1. The minimum absolute atomic E-state index is 0.0546. The Balaban J connectivity index is 2.01. The third-order valence-corrected chi connectivity index (χ3v) is 3.52. The monoisotopic (exact) mass is 292 g/mol. The molecule has 2 rings (SSSR count). The fraction of sp³-hybridized carbons (Fsp3) is 0.467. The van der Waals surface area contributed by atoms with Crippen LogP contribution in [0.3, 0.4) is 0 Å². The molecule has 1 aromatic carbocycles. The summed E-state index contributed by atoms with van der Waals surface area (Å²) in [6, 6.07) is 4.30. The molecule has 6 nitrogen and oxygen atoms in total. The zero-order valence-electron chi connectivity index (χ0n) is 12.3. The molecular weight excluding hydrogens is 272 g/mol.